The molecule has 0 aromatic rings. The lowest BCUT2D eigenvalue weighted by atomic mass is 10.1. The first-order valence-electron chi connectivity index (χ1n) is 5.93. The average Bonchev–Trinajstić information content (AvgIpc) is 3.10. The molecule has 0 spiro atoms. The summed E-state index contributed by atoms with van der Waals surface area (Å²) in [6, 6.07) is 0.169. The Bertz CT molecular complexity index is 228. The summed E-state index contributed by atoms with van der Waals surface area (Å²) in [4.78, 5) is 11.8. The molecule has 1 amide bonds. The van der Waals surface area contributed by atoms with Gasteiger partial charge >= 0.3 is 0 Å². The lowest BCUT2D eigenvalue weighted by molar-refractivity contribution is -0.136. The van der Waals surface area contributed by atoms with Crippen LogP contribution >= 0.6 is 12.4 Å². The summed E-state index contributed by atoms with van der Waals surface area (Å²) in [5.74, 6) is 0.652. The third-order valence-corrected chi connectivity index (χ3v) is 3.24. The molecule has 0 bridgehead atoms. The molecule has 2 rings (SSSR count). The quantitative estimate of drug-likeness (QED) is 0.775. The Morgan fingerprint density at radius 3 is 2.62 bits per heavy atom. The van der Waals surface area contributed by atoms with E-state index in [2.05, 4.69) is 5.32 Å². The van der Waals surface area contributed by atoms with Crippen molar-refractivity contribution in [3.05, 3.63) is 0 Å². The maximum Gasteiger partial charge on any atom is 0.249 e. The molecule has 2 fully saturated rings. The van der Waals surface area contributed by atoms with E-state index in [1.165, 1.54) is 12.8 Å². The number of carbonyl (C=O) groups is 1. The zero-order valence-corrected chi connectivity index (χ0v) is 10.3. The van der Waals surface area contributed by atoms with E-state index in [1.807, 2.05) is 0 Å². The van der Waals surface area contributed by atoms with Gasteiger partial charge in [-0.1, -0.05) is 0 Å². The van der Waals surface area contributed by atoms with E-state index in [-0.39, 0.29) is 30.5 Å². The Kier molecular flexibility index (Phi) is 5.52. The van der Waals surface area contributed by atoms with E-state index in [9.17, 15) is 4.79 Å². The maximum absolute atomic E-state index is 11.8. The van der Waals surface area contributed by atoms with Crippen LogP contribution in [0.1, 0.15) is 32.1 Å². The largest absolute Gasteiger partial charge is 0.368 e. The van der Waals surface area contributed by atoms with Gasteiger partial charge in [-0.05, 0) is 38.0 Å². The zero-order valence-electron chi connectivity index (χ0n) is 9.48. The predicted octanol–water partition coefficient (Wildman–Crippen LogP) is 0.831. The average molecular weight is 249 g/mol. The van der Waals surface area contributed by atoms with E-state index in [0.717, 1.165) is 25.9 Å². The van der Waals surface area contributed by atoms with Crippen LogP contribution in [0.25, 0.3) is 0 Å². The molecule has 0 aromatic heterocycles. The fourth-order valence-corrected chi connectivity index (χ4v) is 2.09. The van der Waals surface area contributed by atoms with Gasteiger partial charge in [0.05, 0.1) is 0 Å². The lowest BCUT2D eigenvalue weighted by Gasteiger charge is -2.24. The summed E-state index contributed by atoms with van der Waals surface area (Å²) in [6.45, 7) is 1.26. The minimum absolute atomic E-state index is 0. The van der Waals surface area contributed by atoms with Crippen LogP contribution in [-0.2, 0) is 9.53 Å². The molecular formula is C11H21ClN2O2. The molecule has 1 saturated carbocycles. The molecule has 5 heteroatoms. The van der Waals surface area contributed by atoms with Crippen molar-refractivity contribution in [2.75, 3.05) is 13.2 Å². The fraction of sp³-hybridized carbons (Fsp3) is 0.909. The highest BCUT2D eigenvalue weighted by Crippen LogP contribution is 2.32. The standard InChI is InChI=1S/C11H20N2O2.ClH/c12-7-9(8-4-5-8)13-11(14)10-3-1-2-6-15-10;/h8-10H,1-7,12H2,(H,13,14);1H. The zero-order chi connectivity index (χ0) is 10.7. The molecule has 1 aliphatic heterocycles. The molecule has 2 unspecified atom stereocenters. The SMILES string of the molecule is Cl.NCC(NC(=O)C1CCCCO1)C1CC1. The Labute approximate surface area is 103 Å². The Morgan fingerprint density at radius 2 is 2.12 bits per heavy atom. The maximum atomic E-state index is 11.8. The summed E-state index contributed by atoms with van der Waals surface area (Å²) >= 11 is 0. The molecule has 1 heterocycles. The highest BCUT2D eigenvalue weighted by atomic mass is 35.5. The van der Waals surface area contributed by atoms with Crippen LogP contribution in [0.2, 0.25) is 0 Å². The molecular weight excluding hydrogens is 228 g/mol. The summed E-state index contributed by atoms with van der Waals surface area (Å²) in [6.07, 6.45) is 5.20. The number of ether oxygens (including phenoxy) is 1. The van der Waals surface area contributed by atoms with Crippen LogP contribution in [0, 0.1) is 5.92 Å². The first-order chi connectivity index (χ1) is 7.31. The van der Waals surface area contributed by atoms with E-state index in [4.69, 9.17) is 10.5 Å². The first-order valence-corrected chi connectivity index (χ1v) is 5.93. The second kappa shape index (κ2) is 6.42. The fourth-order valence-electron chi connectivity index (χ4n) is 2.09. The van der Waals surface area contributed by atoms with Crippen molar-refractivity contribution in [1.82, 2.24) is 5.32 Å². The summed E-state index contributed by atoms with van der Waals surface area (Å²) in [5.41, 5.74) is 5.64. The van der Waals surface area contributed by atoms with E-state index in [1.54, 1.807) is 0 Å². The number of nitrogens with two attached hydrogens (primary N) is 1. The highest BCUT2D eigenvalue weighted by molar-refractivity contribution is 5.85. The van der Waals surface area contributed by atoms with Crippen molar-refractivity contribution < 1.29 is 9.53 Å². The van der Waals surface area contributed by atoms with Gasteiger partial charge in [0.25, 0.3) is 0 Å². The minimum Gasteiger partial charge on any atom is -0.368 e. The molecule has 94 valence electrons. The normalized spacial score (nSPS) is 26.7. The molecule has 2 atom stereocenters. The first kappa shape index (κ1) is 13.7. The monoisotopic (exact) mass is 248 g/mol. The molecule has 1 saturated heterocycles. The molecule has 1 aliphatic carbocycles. The van der Waals surface area contributed by atoms with Crippen LogP contribution in [0.4, 0.5) is 0 Å². The minimum atomic E-state index is -0.230. The smallest absolute Gasteiger partial charge is 0.249 e. The molecule has 3 N–H and O–H groups in total. The van der Waals surface area contributed by atoms with E-state index in [0.29, 0.717) is 12.5 Å². The van der Waals surface area contributed by atoms with E-state index >= 15 is 0 Å². The molecule has 0 radical (unpaired) electrons. The highest BCUT2D eigenvalue weighted by Gasteiger charge is 2.33. The number of halogens is 1. The lowest BCUT2D eigenvalue weighted by Crippen LogP contribution is -2.47. The Morgan fingerprint density at radius 1 is 1.38 bits per heavy atom. The number of amides is 1. The van der Waals surface area contributed by atoms with Gasteiger partial charge in [-0.2, -0.15) is 0 Å². The van der Waals surface area contributed by atoms with Gasteiger partial charge in [0.15, 0.2) is 0 Å². The summed E-state index contributed by atoms with van der Waals surface area (Å²) in [7, 11) is 0. The van der Waals surface area contributed by atoms with Crippen molar-refractivity contribution in [3.8, 4) is 0 Å². The summed E-state index contributed by atoms with van der Waals surface area (Å²) < 4.78 is 5.43. The molecule has 16 heavy (non-hydrogen) atoms. The third-order valence-electron chi connectivity index (χ3n) is 3.24. The number of carbonyl (C=O) groups excluding carboxylic acids is 1. The molecule has 2 aliphatic rings. The van der Waals surface area contributed by atoms with Crippen molar-refractivity contribution >= 4 is 18.3 Å². The van der Waals surface area contributed by atoms with Gasteiger partial charge in [-0.15, -0.1) is 12.4 Å². The Hall–Kier alpha value is -0.320. The topological polar surface area (TPSA) is 64.3 Å². The van der Waals surface area contributed by atoms with Crippen LogP contribution in [-0.4, -0.2) is 31.2 Å². The van der Waals surface area contributed by atoms with Crippen LogP contribution in [0.3, 0.4) is 0 Å². The number of rotatable bonds is 4. The van der Waals surface area contributed by atoms with Gasteiger partial charge < -0.3 is 15.8 Å². The van der Waals surface area contributed by atoms with Gasteiger partial charge in [-0.3, -0.25) is 4.79 Å². The summed E-state index contributed by atoms with van der Waals surface area (Å²) in [5, 5.41) is 3.01. The number of hydrogen-bond donors (Lipinski definition) is 2. The van der Waals surface area contributed by atoms with Crippen molar-refractivity contribution in [3.63, 3.8) is 0 Å². The van der Waals surface area contributed by atoms with Crippen LogP contribution < -0.4 is 11.1 Å². The van der Waals surface area contributed by atoms with Gasteiger partial charge in [-0.25, -0.2) is 0 Å². The van der Waals surface area contributed by atoms with E-state index < -0.39 is 0 Å². The van der Waals surface area contributed by atoms with Gasteiger partial charge in [0.1, 0.15) is 6.10 Å². The third kappa shape index (κ3) is 3.61. The number of nitrogens with one attached hydrogen (secondary N) is 1. The predicted molar refractivity (Wildman–Crippen MR) is 64.5 cm³/mol. The van der Waals surface area contributed by atoms with Crippen LogP contribution in [0.5, 0.6) is 0 Å². The van der Waals surface area contributed by atoms with Crippen molar-refractivity contribution in [2.45, 2.75) is 44.2 Å². The van der Waals surface area contributed by atoms with Crippen LogP contribution in [0.15, 0.2) is 0 Å². The van der Waals surface area contributed by atoms with Gasteiger partial charge in [0.2, 0.25) is 5.91 Å². The van der Waals surface area contributed by atoms with Crippen molar-refractivity contribution in [2.24, 2.45) is 11.7 Å². The molecule has 0 aromatic carbocycles. The van der Waals surface area contributed by atoms with Crippen molar-refractivity contribution in [1.29, 1.82) is 0 Å². The second-order valence-corrected chi connectivity index (χ2v) is 4.54. The molecule has 4 nitrogen and oxygen atoms in total. The second-order valence-electron chi connectivity index (χ2n) is 4.54. The van der Waals surface area contributed by atoms with Gasteiger partial charge in [0, 0.05) is 19.2 Å². The Balaban J connectivity index is 0.00000128. The number of hydrogen-bond acceptors (Lipinski definition) is 3.